The summed E-state index contributed by atoms with van der Waals surface area (Å²) in [6, 6.07) is 11.9. The van der Waals surface area contributed by atoms with Gasteiger partial charge in [-0.2, -0.15) is 0 Å². The molecule has 0 unspecified atom stereocenters. The monoisotopic (exact) mass is 450 g/mol. The number of imidazole rings is 1. The van der Waals surface area contributed by atoms with Gasteiger partial charge in [-0.15, -0.1) is 0 Å². The van der Waals surface area contributed by atoms with Crippen LogP contribution in [-0.4, -0.2) is 45.7 Å². The van der Waals surface area contributed by atoms with E-state index in [2.05, 4.69) is 25.6 Å². The summed E-state index contributed by atoms with van der Waals surface area (Å²) in [6.45, 7) is 1.69. The summed E-state index contributed by atoms with van der Waals surface area (Å²) in [5.74, 6) is 1.79. The van der Waals surface area contributed by atoms with Gasteiger partial charge in [-0.25, -0.2) is 15.0 Å². The molecule has 1 aromatic carbocycles. The van der Waals surface area contributed by atoms with Gasteiger partial charge in [-0.05, 0) is 43.7 Å². The van der Waals surface area contributed by atoms with Gasteiger partial charge in [0.25, 0.3) is 0 Å². The lowest BCUT2D eigenvalue weighted by molar-refractivity contribution is 0.276. The van der Waals surface area contributed by atoms with E-state index in [9.17, 15) is 0 Å². The van der Waals surface area contributed by atoms with Gasteiger partial charge in [-0.3, -0.25) is 4.40 Å². The van der Waals surface area contributed by atoms with Gasteiger partial charge in [0.05, 0.1) is 35.9 Å². The number of fused-ring (bicyclic) bond motifs is 1. The number of methoxy groups -OCH3 is 1. The molecule has 0 aliphatic carbocycles. The number of aromatic nitrogens is 4. The quantitative estimate of drug-likeness (QED) is 0.433. The summed E-state index contributed by atoms with van der Waals surface area (Å²) in [4.78, 5) is 13.4. The molecule has 5 rings (SSSR count). The van der Waals surface area contributed by atoms with Gasteiger partial charge in [0.1, 0.15) is 29.4 Å². The van der Waals surface area contributed by atoms with Crippen molar-refractivity contribution in [2.75, 3.05) is 25.6 Å². The van der Waals surface area contributed by atoms with Crippen molar-refractivity contribution in [1.82, 2.24) is 24.7 Å². The molecule has 1 aliphatic rings. The number of nitrogens with one attached hydrogen (secondary N) is 2. The number of hydrogen-bond donors (Lipinski definition) is 2. The molecule has 164 valence electrons. The first-order valence-corrected chi connectivity index (χ1v) is 10.9. The maximum absolute atomic E-state index is 6.42. The molecule has 32 heavy (non-hydrogen) atoms. The molecule has 0 spiro atoms. The van der Waals surface area contributed by atoms with Crippen LogP contribution in [0.2, 0.25) is 5.02 Å². The summed E-state index contributed by atoms with van der Waals surface area (Å²) in [7, 11) is 1.62. The number of pyridine rings is 1. The van der Waals surface area contributed by atoms with Crippen molar-refractivity contribution in [1.29, 1.82) is 0 Å². The Kier molecular flexibility index (Phi) is 5.79. The molecule has 2 N–H and O–H groups in total. The number of hydrogen-bond acceptors (Lipinski definition) is 7. The molecule has 4 heterocycles. The lowest BCUT2D eigenvalue weighted by Crippen LogP contribution is -2.28. The minimum absolute atomic E-state index is 0.400. The maximum Gasteiger partial charge on any atom is 0.227 e. The van der Waals surface area contributed by atoms with Crippen LogP contribution in [0.15, 0.2) is 55.0 Å². The first-order valence-electron chi connectivity index (χ1n) is 10.5. The highest BCUT2D eigenvalue weighted by atomic mass is 35.5. The van der Waals surface area contributed by atoms with E-state index in [1.165, 1.54) is 6.42 Å². The first kappa shape index (κ1) is 20.5. The molecule has 9 heteroatoms. The van der Waals surface area contributed by atoms with E-state index in [1.54, 1.807) is 19.5 Å². The second-order valence-corrected chi connectivity index (χ2v) is 7.96. The van der Waals surface area contributed by atoms with E-state index in [4.69, 9.17) is 21.1 Å². The predicted octanol–water partition coefficient (Wildman–Crippen LogP) is 4.33. The molecule has 0 bridgehead atoms. The third-order valence-electron chi connectivity index (χ3n) is 5.44. The fourth-order valence-corrected chi connectivity index (χ4v) is 3.98. The Bertz CT molecular complexity index is 1240. The van der Waals surface area contributed by atoms with Crippen LogP contribution in [0.4, 0.5) is 11.6 Å². The highest BCUT2D eigenvalue weighted by Gasteiger charge is 2.16. The molecule has 1 fully saturated rings. The van der Waals surface area contributed by atoms with Gasteiger partial charge in [0, 0.05) is 18.3 Å². The summed E-state index contributed by atoms with van der Waals surface area (Å²) >= 11 is 6.42. The average molecular weight is 451 g/mol. The van der Waals surface area contributed by atoms with Crippen molar-refractivity contribution in [3.05, 3.63) is 60.0 Å². The van der Waals surface area contributed by atoms with Crippen LogP contribution in [0.5, 0.6) is 11.5 Å². The second-order valence-electron chi connectivity index (χ2n) is 7.55. The molecule has 1 aliphatic heterocycles. The van der Waals surface area contributed by atoms with Crippen LogP contribution in [0.1, 0.15) is 12.8 Å². The fourth-order valence-electron chi connectivity index (χ4n) is 3.80. The number of rotatable bonds is 7. The topological polar surface area (TPSA) is 85.6 Å². The number of nitrogens with zero attached hydrogens (tertiary/aromatic N) is 4. The molecule has 4 aromatic rings. The van der Waals surface area contributed by atoms with E-state index in [-0.39, 0.29) is 0 Å². The molecule has 8 nitrogen and oxygen atoms in total. The zero-order valence-corrected chi connectivity index (χ0v) is 18.3. The van der Waals surface area contributed by atoms with E-state index >= 15 is 0 Å². The van der Waals surface area contributed by atoms with Crippen LogP contribution < -0.4 is 20.1 Å². The summed E-state index contributed by atoms with van der Waals surface area (Å²) < 4.78 is 13.4. The van der Waals surface area contributed by atoms with E-state index in [1.807, 2.05) is 47.0 Å². The van der Waals surface area contributed by atoms with E-state index < -0.39 is 0 Å². The van der Waals surface area contributed by atoms with Gasteiger partial charge in [-0.1, -0.05) is 17.7 Å². The minimum Gasteiger partial charge on any atom is -0.494 e. The Balaban J connectivity index is 1.38. The van der Waals surface area contributed by atoms with Gasteiger partial charge in [0.15, 0.2) is 0 Å². The van der Waals surface area contributed by atoms with Gasteiger partial charge < -0.3 is 20.1 Å². The first-order chi connectivity index (χ1) is 15.7. The Morgan fingerprint density at radius 2 is 2.16 bits per heavy atom. The molecule has 0 amide bonds. The van der Waals surface area contributed by atoms with E-state index in [0.29, 0.717) is 35.1 Å². The summed E-state index contributed by atoms with van der Waals surface area (Å²) in [5.41, 5.74) is 2.92. The SMILES string of the molecule is COc1cc(OC[C@H]2CCCN2)ccc1Nc1ncc(Cl)c(-c2cnc3ccccn23)n1. The van der Waals surface area contributed by atoms with Crippen molar-refractivity contribution in [3.8, 4) is 22.9 Å². The van der Waals surface area contributed by atoms with Crippen molar-refractivity contribution in [2.24, 2.45) is 0 Å². The lowest BCUT2D eigenvalue weighted by Gasteiger charge is -2.15. The Morgan fingerprint density at radius 1 is 1.22 bits per heavy atom. The van der Waals surface area contributed by atoms with Crippen molar-refractivity contribution >= 4 is 28.9 Å². The van der Waals surface area contributed by atoms with Gasteiger partial charge in [0.2, 0.25) is 5.95 Å². The zero-order chi connectivity index (χ0) is 21.9. The molecule has 3 aromatic heterocycles. The average Bonchev–Trinajstić information content (AvgIpc) is 3.49. The summed E-state index contributed by atoms with van der Waals surface area (Å²) in [6.07, 6.45) is 7.58. The number of benzene rings is 1. The fraction of sp³-hybridized carbons (Fsp3) is 0.261. The number of ether oxygens (including phenoxy) is 2. The minimum atomic E-state index is 0.400. The Morgan fingerprint density at radius 3 is 3.00 bits per heavy atom. The highest BCUT2D eigenvalue weighted by Crippen LogP contribution is 2.32. The molecule has 1 atom stereocenters. The van der Waals surface area contributed by atoms with Crippen LogP contribution in [-0.2, 0) is 0 Å². The second kappa shape index (κ2) is 9.02. The highest BCUT2D eigenvalue weighted by molar-refractivity contribution is 6.32. The summed E-state index contributed by atoms with van der Waals surface area (Å²) in [5, 5.41) is 7.09. The van der Waals surface area contributed by atoms with Gasteiger partial charge >= 0.3 is 0 Å². The van der Waals surface area contributed by atoms with E-state index in [0.717, 1.165) is 35.7 Å². The molecule has 0 saturated carbocycles. The van der Waals surface area contributed by atoms with Crippen molar-refractivity contribution in [3.63, 3.8) is 0 Å². The van der Waals surface area contributed by atoms with Crippen LogP contribution >= 0.6 is 11.6 Å². The molecular weight excluding hydrogens is 428 g/mol. The maximum atomic E-state index is 6.42. The standard InChI is InChI=1S/C23H23ClN6O2/c1-31-20-11-16(32-14-15-5-4-9-25-15)7-8-18(20)28-23-27-12-17(24)22(29-23)19-13-26-21-6-2-3-10-30(19)21/h2-3,6-8,10-13,15,25H,4-5,9,14H2,1H3,(H,27,28,29)/t15-/m1/s1. The molecule has 0 radical (unpaired) electrons. The lowest BCUT2D eigenvalue weighted by atomic mass is 10.2. The smallest absolute Gasteiger partial charge is 0.227 e. The zero-order valence-electron chi connectivity index (χ0n) is 17.6. The van der Waals surface area contributed by atoms with Crippen molar-refractivity contribution < 1.29 is 9.47 Å². The number of halogens is 1. The van der Waals surface area contributed by atoms with Crippen LogP contribution in [0, 0.1) is 0 Å². The normalized spacial score (nSPS) is 15.8. The molecular formula is C23H23ClN6O2. The Labute approximate surface area is 190 Å². The van der Waals surface area contributed by atoms with Crippen LogP contribution in [0.25, 0.3) is 17.0 Å². The van der Waals surface area contributed by atoms with Crippen LogP contribution in [0.3, 0.4) is 0 Å². The third-order valence-corrected chi connectivity index (χ3v) is 5.71. The third kappa shape index (κ3) is 4.19. The van der Waals surface area contributed by atoms with Crippen molar-refractivity contribution in [2.45, 2.75) is 18.9 Å². The Hall–Kier alpha value is -3.36. The largest absolute Gasteiger partial charge is 0.494 e. The number of anilines is 2. The molecule has 1 saturated heterocycles. The predicted molar refractivity (Wildman–Crippen MR) is 124 cm³/mol.